The molecule has 0 aromatic rings. The van der Waals surface area contributed by atoms with Crippen LogP contribution in [0.5, 0.6) is 0 Å². The van der Waals surface area contributed by atoms with E-state index in [1.54, 1.807) is 0 Å². The molecule has 0 bridgehead atoms. The molecule has 0 saturated carbocycles. The number of sulfonamides is 1. The second-order valence-electron chi connectivity index (χ2n) is 0.976. The minimum Gasteiger partial charge on any atom is -0.519 e. The van der Waals surface area contributed by atoms with E-state index in [1.807, 2.05) is 0 Å². The van der Waals surface area contributed by atoms with Crippen molar-refractivity contribution < 1.29 is 33.6 Å². The van der Waals surface area contributed by atoms with Crippen molar-refractivity contribution in [3.05, 3.63) is 0 Å². The summed E-state index contributed by atoms with van der Waals surface area (Å²) < 4.78 is 21.2. The van der Waals surface area contributed by atoms with Gasteiger partial charge in [0.1, 0.15) is 0 Å². The maximum Gasteiger partial charge on any atom is 0.202 e. The van der Waals surface area contributed by atoms with Crippen LogP contribution in [-0.4, -0.2) is 21.1 Å². The Morgan fingerprint density at radius 1 is 1.50 bits per heavy atom. The van der Waals surface area contributed by atoms with Crippen LogP contribution in [-0.2, 0) is 35.2 Å². The van der Waals surface area contributed by atoms with Gasteiger partial charge in [-0.3, -0.25) is 0 Å². The van der Waals surface area contributed by atoms with E-state index in [-0.39, 0.29) is 20.4 Å². The molecule has 0 spiro atoms. The van der Waals surface area contributed by atoms with E-state index in [2.05, 4.69) is 0 Å². The molecule has 0 heterocycles. The number of hydrogen-bond acceptors (Lipinski definition) is 3. The zero-order valence-electron chi connectivity index (χ0n) is 4.01. The monoisotopic (exact) mass is 309 g/mol. The minimum absolute atomic E-state index is 0. The summed E-state index contributed by atoms with van der Waals surface area (Å²) in [5, 5.41) is 0. The number of nitrogens with one attached hydrogen (secondary N) is 1. The largest absolute Gasteiger partial charge is 0.519 e. The van der Waals surface area contributed by atoms with Gasteiger partial charge in [-0.05, 0) is 0 Å². The summed E-state index contributed by atoms with van der Waals surface area (Å²) in [4.78, 5) is 9.21. The fourth-order valence-electron chi connectivity index (χ4n) is 0.0757. The van der Waals surface area contributed by atoms with Crippen molar-refractivity contribution in [3.8, 4) is 0 Å². The summed E-state index contributed by atoms with van der Waals surface area (Å²) in [5.74, 6) is 0. The third-order valence-corrected chi connectivity index (χ3v) is 0.681. The Kier molecular flexibility index (Phi) is 5.49. The van der Waals surface area contributed by atoms with Crippen molar-refractivity contribution in [1.82, 2.24) is 4.72 Å². The molecule has 4 nitrogen and oxygen atoms in total. The van der Waals surface area contributed by atoms with Gasteiger partial charge in [0.15, 0.2) is 0 Å². The van der Waals surface area contributed by atoms with Crippen molar-refractivity contribution in [2.45, 2.75) is 0 Å². The van der Waals surface area contributed by atoms with Gasteiger partial charge in [0.2, 0.25) is 10.0 Å². The molecule has 1 amide bonds. The predicted octanol–water partition coefficient (Wildman–Crippen LogP) is -1.40. The molecule has 0 saturated heterocycles. The molecule has 1 radical (unpaired) electrons. The molecule has 0 rings (SSSR count). The molecule has 0 aliphatic heterocycles. The summed E-state index contributed by atoms with van der Waals surface area (Å²) in [5.41, 5.74) is 0. The number of amides is 1. The molecule has 0 atom stereocenters. The molecule has 0 fully saturated rings. The van der Waals surface area contributed by atoms with E-state index in [9.17, 15) is 13.2 Å². The van der Waals surface area contributed by atoms with Crippen LogP contribution < -0.4 is 4.72 Å². The van der Waals surface area contributed by atoms with Gasteiger partial charge in [0.05, 0.1) is 6.26 Å². The molecule has 6 heteroatoms. The van der Waals surface area contributed by atoms with Gasteiger partial charge >= 0.3 is 0 Å². The predicted molar refractivity (Wildman–Crippen MR) is 23.7 cm³/mol. The topological polar surface area (TPSA) is 63.2 Å². The zero-order valence-corrected chi connectivity index (χ0v) is 7.54. The average Bonchev–Trinajstić information content (AvgIpc) is 1.30. The standard InChI is InChI=1S/C2H4NO3S.Re/c1-7(5,6)3-2-4;/h1H3,(H,3,4);/q-1;. The van der Waals surface area contributed by atoms with Gasteiger partial charge in [0.25, 0.3) is 0 Å². The van der Waals surface area contributed by atoms with Crippen LogP contribution >= 0.6 is 0 Å². The van der Waals surface area contributed by atoms with Crippen LogP contribution in [0.3, 0.4) is 0 Å². The molecule has 0 aromatic carbocycles. The molecule has 0 aromatic heterocycles. The number of hydrogen-bond donors (Lipinski definition) is 1. The average molecular weight is 308 g/mol. The van der Waals surface area contributed by atoms with Crippen LogP contribution in [0, 0.1) is 0 Å². The second-order valence-corrected chi connectivity index (χ2v) is 2.72. The van der Waals surface area contributed by atoms with Crippen molar-refractivity contribution in [3.63, 3.8) is 0 Å². The molecular weight excluding hydrogens is 304 g/mol. The summed E-state index contributed by atoms with van der Waals surface area (Å²) in [6.07, 6.45) is 1.89. The summed E-state index contributed by atoms with van der Waals surface area (Å²) in [6, 6.07) is 0. The van der Waals surface area contributed by atoms with Crippen molar-refractivity contribution in [1.29, 1.82) is 0 Å². The summed E-state index contributed by atoms with van der Waals surface area (Å²) in [7, 11) is -3.35. The van der Waals surface area contributed by atoms with Gasteiger partial charge in [0, 0.05) is 20.4 Å². The maximum absolute atomic E-state index is 9.86. The normalized spacial score (nSPS) is 9.12. The molecule has 0 aliphatic carbocycles. The van der Waals surface area contributed by atoms with E-state index in [4.69, 9.17) is 0 Å². The van der Waals surface area contributed by atoms with Crippen LogP contribution in [0.25, 0.3) is 0 Å². The Hall–Kier alpha value is 0.0823. The van der Waals surface area contributed by atoms with E-state index >= 15 is 0 Å². The van der Waals surface area contributed by atoms with Gasteiger partial charge in [-0.15, -0.1) is 0 Å². The number of rotatable bonds is 2. The minimum atomic E-state index is -3.35. The molecular formula is C2H4NO3ReS-. The molecule has 0 aliphatic rings. The van der Waals surface area contributed by atoms with Gasteiger partial charge in [-0.25, -0.2) is 8.42 Å². The maximum atomic E-state index is 9.86. The molecule has 8 heavy (non-hydrogen) atoms. The SMILES string of the molecule is CS(=O)(=O)N[C-]=O.[Re]. The van der Waals surface area contributed by atoms with E-state index < -0.39 is 10.0 Å². The first-order valence-electron chi connectivity index (χ1n) is 1.40. The number of carbonyl (C=O) groups excluding carboxylic acids is 1. The van der Waals surface area contributed by atoms with Gasteiger partial charge in [-0.2, -0.15) is 6.41 Å². The third kappa shape index (κ3) is 9.43. The summed E-state index contributed by atoms with van der Waals surface area (Å²) in [6.45, 7) is 0. The first-order chi connectivity index (χ1) is 3.06. The van der Waals surface area contributed by atoms with Crippen molar-refractivity contribution >= 4 is 16.4 Å². The molecule has 0 unspecified atom stereocenters. The van der Waals surface area contributed by atoms with E-state index in [1.165, 1.54) is 4.72 Å². The molecule has 49 valence electrons. The molecule has 1 N–H and O–H groups in total. The van der Waals surface area contributed by atoms with Gasteiger partial charge < -0.3 is 9.52 Å². The van der Waals surface area contributed by atoms with Crippen LogP contribution in [0.15, 0.2) is 0 Å². The Morgan fingerprint density at radius 2 is 1.88 bits per heavy atom. The first kappa shape index (κ1) is 11.0. The Morgan fingerprint density at radius 3 is 1.88 bits per heavy atom. The first-order valence-corrected chi connectivity index (χ1v) is 3.29. The van der Waals surface area contributed by atoms with Crippen molar-refractivity contribution in [2.75, 3.05) is 6.26 Å². The fourth-order valence-corrected chi connectivity index (χ4v) is 0.227. The van der Waals surface area contributed by atoms with Crippen LogP contribution in [0.1, 0.15) is 0 Å². The Bertz CT molecular complexity index is 151. The third-order valence-electron chi connectivity index (χ3n) is 0.227. The quantitative estimate of drug-likeness (QED) is 0.504. The fraction of sp³-hybridized carbons (Fsp3) is 0.500. The van der Waals surface area contributed by atoms with E-state index in [0.717, 1.165) is 12.7 Å². The Labute approximate surface area is 61.4 Å². The second kappa shape index (κ2) is 4.01. The smallest absolute Gasteiger partial charge is 0.202 e. The van der Waals surface area contributed by atoms with Crippen LogP contribution in [0.2, 0.25) is 0 Å². The van der Waals surface area contributed by atoms with Gasteiger partial charge in [-0.1, -0.05) is 0 Å². The zero-order chi connectivity index (χ0) is 5.91. The van der Waals surface area contributed by atoms with Crippen LogP contribution in [0.4, 0.5) is 0 Å². The summed E-state index contributed by atoms with van der Waals surface area (Å²) >= 11 is 0. The van der Waals surface area contributed by atoms with Crippen molar-refractivity contribution in [2.24, 2.45) is 0 Å². The van der Waals surface area contributed by atoms with E-state index in [0.29, 0.717) is 0 Å². The Balaban J connectivity index is 0.